The van der Waals surface area contributed by atoms with Gasteiger partial charge in [-0.1, -0.05) is 18.2 Å². The Morgan fingerprint density at radius 2 is 1.75 bits per heavy atom. The molecule has 0 aliphatic rings. The second-order valence-electron chi connectivity index (χ2n) is 6.53. The number of methoxy groups -OCH3 is 2. The van der Waals surface area contributed by atoms with Crippen LogP contribution < -0.4 is 5.32 Å². The van der Waals surface area contributed by atoms with Crippen molar-refractivity contribution in [2.45, 2.75) is 13.8 Å². The summed E-state index contributed by atoms with van der Waals surface area (Å²) in [6, 6.07) is 11.9. The van der Waals surface area contributed by atoms with Crippen molar-refractivity contribution in [1.82, 2.24) is 9.47 Å². The molecule has 0 aliphatic carbocycles. The van der Waals surface area contributed by atoms with E-state index in [0.717, 1.165) is 16.9 Å². The number of rotatable bonds is 10. The summed E-state index contributed by atoms with van der Waals surface area (Å²) in [5.74, 6) is 0.325. The van der Waals surface area contributed by atoms with Crippen molar-refractivity contribution in [3.8, 4) is 11.8 Å². The van der Waals surface area contributed by atoms with Crippen LogP contribution in [0.15, 0.2) is 30.3 Å². The number of ether oxygens (including phenoxy) is 2. The molecule has 1 aromatic carbocycles. The summed E-state index contributed by atoms with van der Waals surface area (Å²) in [6.07, 6.45) is 0. The molecule has 0 bridgehead atoms. The molecule has 1 N–H and O–H groups in total. The maximum absolute atomic E-state index is 12.8. The summed E-state index contributed by atoms with van der Waals surface area (Å²) >= 11 is 0. The summed E-state index contributed by atoms with van der Waals surface area (Å²) in [4.78, 5) is 14.7. The van der Waals surface area contributed by atoms with E-state index in [1.165, 1.54) is 0 Å². The van der Waals surface area contributed by atoms with E-state index in [9.17, 15) is 10.1 Å². The lowest BCUT2D eigenvalue weighted by molar-refractivity contribution is -0.117. The number of anilines is 1. The zero-order chi connectivity index (χ0) is 20.5. The van der Waals surface area contributed by atoms with Gasteiger partial charge < -0.3 is 14.8 Å². The largest absolute Gasteiger partial charge is 0.383 e. The molecule has 1 aromatic heterocycles. The van der Waals surface area contributed by atoms with Gasteiger partial charge in [0.1, 0.15) is 11.9 Å². The van der Waals surface area contributed by atoms with Crippen molar-refractivity contribution >= 4 is 11.7 Å². The third-order valence-electron chi connectivity index (χ3n) is 4.69. The molecule has 1 amide bonds. The Hall–Kier alpha value is -2.66. The first-order valence-corrected chi connectivity index (χ1v) is 9.21. The minimum Gasteiger partial charge on any atom is -0.383 e. The molecule has 0 spiro atoms. The minimum absolute atomic E-state index is 0.182. The van der Waals surface area contributed by atoms with E-state index in [-0.39, 0.29) is 12.5 Å². The maximum Gasteiger partial charge on any atom is 0.239 e. The predicted molar refractivity (Wildman–Crippen MR) is 109 cm³/mol. The number of amides is 1. The van der Waals surface area contributed by atoms with Crippen LogP contribution in [-0.4, -0.2) is 62.4 Å². The lowest BCUT2D eigenvalue weighted by atomic mass is 10.2. The van der Waals surface area contributed by atoms with E-state index in [4.69, 9.17) is 9.47 Å². The molecular weight excluding hydrogens is 356 g/mol. The first kappa shape index (κ1) is 21.6. The molecule has 0 atom stereocenters. The highest BCUT2D eigenvalue weighted by molar-refractivity contribution is 5.93. The van der Waals surface area contributed by atoms with Crippen molar-refractivity contribution in [2.24, 2.45) is 0 Å². The van der Waals surface area contributed by atoms with E-state index >= 15 is 0 Å². The number of aromatic nitrogens is 1. The van der Waals surface area contributed by atoms with Crippen molar-refractivity contribution in [3.05, 3.63) is 47.2 Å². The third-order valence-corrected chi connectivity index (χ3v) is 4.69. The topological polar surface area (TPSA) is 79.5 Å². The van der Waals surface area contributed by atoms with E-state index < -0.39 is 0 Å². The Labute approximate surface area is 166 Å². The molecule has 2 aromatic rings. The molecule has 0 saturated carbocycles. The monoisotopic (exact) mass is 384 g/mol. The third kappa shape index (κ3) is 5.20. The van der Waals surface area contributed by atoms with Crippen molar-refractivity contribution in [1.29, 1.82) is 5.26 Å². The Balaban J connectivity index is 2.28. The maximum atomic E-state index is 12.8. The molecule has 2 rings (SSSR count). The van der Waals surface area contributed by atoms with Gasteiger partial charge in [-0.2, -0.15) is 5.26 Å². The molecule has 7 heteroatoms. The Bertz CT molecular complexity index is 816. The van der Waals surface area contributed by atoms with Gasteiger partial charge in [-0.3, -0.25) is 14.3 Å². The first-order valence-electron chi connectivity index (χ1n) is 9.21. The zero-order valence-corrected chi connectivity index (χ0v) is 17.0. The number of nitrogens with one attached hydrogen (secondary N) is 1. The Morgan fingerprint density at radius 1 is 1.14 bits per heavy atom. The number of nitrogens with zero attached hydrogens (tertiary/aromatic N) is 3. The fourth-order valence-corrected chi connectivity index (χ4v) is 3.05. The SMILES string of the molecule is COCCN(CCOC)CC(=O)Nc1c(C#N)c(C)c(C)n1-c1ccccc1. The smallest absolute Gasteiger partial charge is 0.239 e. The number of para-hydroxylation sites is 1. The van der Waals surface area contributed by atoms with Gasteiger partial charge in [0, 0.05) is 38.7 Å². The quantitative estimate of drug-likeness (QED) is 0.681. The highest BCUT2D eigenvalue weighted by atomic mass is 16.5. The van der Waals surface area contributed by atoms with Gasteiger partial charge in [0.05, 0.1) is 25.3 Å². The molecular formula is C21H28N4O3. The molecule has 28 heavy (non-hydrogen) atoms. The standard InChI is InChI=1S/C21H28N4O3/c1-16-17(2)25(18-8-6-5-7-9-18)21(19(16)14-22)23-20(26)15-24(10-12-27-3)11-13-28-4/h5-9H,10-13,15H2,1-4H3,(H,23,26). The van der Waals surface area contributed by atoms with Gasteiger partial charge in [0.15, 0.2) is 0 Å². The van der Waals surface area contributed by atoms with Crippen LogP contribution in [0.2, 0.25) is 0 Å². The number of carbonyl (C=O) groups excluding carboxylic acids is 1. The van der Waals surface area contributed by atoms with Crippen LogP contribution in [-0.2, 0) is 14.3 Å². The van der Waals surface area contributed by atoms with Gasteiger partial charge in [0.25, 0.3) is 0 Å². The average molecular weight is 384 g/mol. The number of benzene rings is 1. The second kappa shape index (κ2) is 10.6. The summed E-state index contributed by atoms with van der Waals surface area (Å²) < 4.78 is 12.2. The van der Waals surface area contributed by atoms with Gasteiger partial charge in [0.2, 0.25) is 5.91 Å². The molecule has 150 valence electrons. The Kier molecular flexibility index (Phi) is 8.20. The fourth-order valence-electron chi connectivity index (χ4n) is 3.05. The fraction of sp³-hybridized carbons (Fsp3) is 0.429. The lowest BCUT2D eigenvalue weighted by Gasteiger charge is -2.21. The van der Waals surface area contributed by atoms with Crippen molar-refractivity contribution < 1.29 is 14.3 Å². The van der Waals surface area contributed by atoms with Gasteiger partial charge in [-0.05, 0) is 31.5 Å². The minimum atomic E-state index is -0.182. The Morgan fingerprint density at radius 3 is 2.29 bits per heavy atom. The predicted octanol–water partition coefficient (Wildman–Crippen LogP) is 2.50. The molecule has 0 radical (unpaired) electrons. The summed E-state index contributed by atoms with van der Waals surface area (Å²) in [5, 5.41) is 12.6. The summed E-state index contributed by atoms with van der Waals surface area (Å²) in [7, 11) is 3.26. The van der Waals surface area contributed by atoms with E-state index in [1.54, 1.807) is 14.2 Å². The van der Waals surface area contributed by atoms with Crippen molar-refractivity contribution in [2.75, 3.05) is 52.4 Å². The van der Waals surface area contributed by atoms with Crippen LogP contribution in [0.25, 0.3) is 5.69 Å². The molecule has 0 aliphatic heterocycles. The van der Waals surface area contributed by atoms with Gasteiger partial charge >= 0.3 is 0 Å². The van der Waals surface area contributed by atoms with E-state index in [1.807, 2.05) is 53.6 Å². The summed E-state index contributed by atoms with van der Waals surface area (Å²) in [5.41, 5.74) is 3.16. The second-order valence-corrected chi connectivity index (χ2v) is 6.53. The van der Waals surface area contributed by atoms with Crippen molar-refractivity contribution in [3.63, 3.8) is 0 Å². The highest BCUT2D eigenvalue weighted by Crippen LogP contribution is 2.29. The van der Waals surface area contributed by atoms with E-state index in [0.29, 0.717) is 37.7 Å². The van der Waals surface area contributed by atoms with E-state index in [2.05, 4.69) is 11.4 Å². The molecule has 0 fully saturated rings. The first-order chi connectivity index (χ1) is 13.5. The lowest BCUT2D eigenvalue weighted by Crippen LogP contribution is -2.38. The van der Waals surface area contributed by atoms with Crippen LogP contribution in [0.5, 0.6) is 0 Å². The van der Waals surface area contributed by atoms with Crippen LogP contribution in [0.1, 0.15) is 16.8 Å². The zero-order valence-electron chi connectivity index (χ0n) is 17.0. The number of nitriles is 1. The summed E-state index contributed by atoms with van der Waals surface area (Å²) in [6.45, 7) is 6.33. The molecule has 7 nitrogen and oxygen atoms in total. The van der Waals surface area contributed by atoms with Gasteiger partial charge in [-0.25, -0.2) is 0 Å². The van der Waals surface area contributed by atoms with Gasteiger partial charge in [-0.15, -0.1) is 0 Å². The number of carbonyl (C=O) groups is 1. The molecule has 0 saturated heterocycles. The van der Waals surface area contributed by atoms with Crippen LogP contribution in [0.3, 0.4) is 0 Å². The van der Waals surface area contributed by atoms with Crippen LogP contribution in [0, 0.1) is 25.2 Å². The molecule has 0 unspecified atom stereocenters. The molecule has 1 heterocycles. The number of hydrogen-bond acceptors (Lipinski definition) is 5. The highest BCUT2D eigenvalue weighted by Gasteiger charge is 2.21. The van der Waals surface area contributed by atoms with Crippen LogP contribution >= 0.6 is 0 Å². The average Bonchev–Trinajstić information content (AvgIpc) is 2.93. The number of hydrogen-bond donors (Lipinski definition) is 1. The van der Waals surface area contributed by atoms with Crippen LogP contribution in [0.4, 0.5) is 5.82 Å². The normalized spacial score (nSPS) is 10.9.